The molecule has 0 bridgehead atoms. The second kappa shape index (κ2) is 5.14. The summed E-state index contributed by atoms with van der Waals surface area (Å²) in [5.74, 6) is 0. The normalized spacial score (nSPS) is 14.3. The number of fused-ring (bicyclic) bond motifs is 2. The molecule has 0 radical (unpaired) electrons. The van der Waals surface area contributed by atoms with Gasteiger partial charge in [0, 0.05) is 0 Å². The van der Waals surface area contributed by atoms with Gasteiger partial charge in [0.25, 0.3) is 0 Å². The van der Waals surface area contributed by atoms with E-state index in [4.69, 9.17) is 0 Å². The zero-order valence-corrected chi connectivity index (χ0v) is 13.2. The summed E-state index contributed by atoms with van der Waals surface area (Å²) in [7, 11) is 0. The Labute approximate surface area is 132 Å². The Kier molecular flexibility index (Phi) is 3.11. The largest absolute Gasteiger partial charge is 0.0645 e. The van der Waals surface area contributed by atoms with Crippen molar-refractivity contribution in [1.82, 2.24) is 0 Å². The molecular formula is C22H20. The summed E-state index contributed by atoms with van der Waals surface area (Å²) in [5.41, 5.74) is 8.60. The zero-order chi connectivity index (χ0) is 15.1. The first-order chi connectivity index (χ1) is 10.8. The van der Waals surface area contributed by atoms with Gasteiger partial charge in [-0.05, 0) is 65.3 Å². The van der Waals surface area contributed by atoms with Gasteiger partial charge < -0.3 is 0 Å². The van der Waals surface area contributed by atoms with Crippen LogP contribution in [0, 0.1) is 6.92 Å². The molecule has 0 saturated heterocycles. The van der Waals surface area contributed by atoms with Gasteiger partial charge in [-0.25, -0.2) is 0 Å². The molecule has 22 heavy (non-hydrogen) atoms. The first-order valence-electron chi connectivity index (χ1n) is 8.02. The fourth-order valence-corrected chi connectivity index (χ4v) is 3.77. The predicted octanol–water partition coefficient (Wildman–Crippen LogP) is 5.92. The van der Waals surface area contributed by atoms with Gasteiger partial charge >= 0.3 is 0 Å². The van der Waals surface area contributed by atoms with E-state index in [9.17, 15) is 0 Å². The summed E-state index contributed by atoms with van der Waals surface area (Å²) >= 11 is 0. The Morgan fingerprint density at radius 3 is 2.27 bits per heavy atom. The van der Waals surface area contributed by atoms with Crippen molar-refractivity contribution in [3.8, 4) is 0 Å². The highest BCUT2D eigenvalue weighted by molar-refractivity contribution is 6.01. The number of rotatable bonds is 1. The third-order valence-electron chi connectivity index (χ3n) is 4.87. The summed E-state index contributed by atoms with van der Waals surface area (Å²) < 4.78 is 0. The van der Waals surface area contributed by atoms with E-state index < -0.39 is 0 Å². The van der Waals surface area contributed by atoms with E-state index >= 15 is 0 Å². The van der Waals surface area contributed by atoms with Crippen LogP contribution in [0.4, 0.5) is 0 Å². The van der Waals surface area contributed by atoms with Crippen molar-refractivity contribution in [2.45, 2.75) is 26.7 Å². The Balaban J connectivity index is 2.07. The molecule has 0 nitrogen and oxygen atoms in total. The van der Waals surface area contributed by atoms with E-state index in [0.717, 1.165) is 12.8 Å². The fraction of sp³-hybridized carbons (Fsp3) is 0.182. The molecule has 0 amide bonds. The van der Waals surface area contributed by atoms with Crippen molar-refractivity contribution in [3.05, 3.63) is 88.5 Å². The summed E-state index contributed by atoms with van der Waals surface area (Å²) in [5, 5.41) is 2.73. The molecule has 0 spiro atoms. The molecule has 108 valence electrons. The van der Waals surface area contributed by atoms with Crippen molar-refractivity contribution in [1.29, 1.82) is 0 Å². The molecule has 0 unspecified atom stereocenters. The summed E-state index contributed by atoms with van der Waals surface area (Å²) in [4.78, 5) is 0. The molecular weight excluding hydrogens is 264 g/mol. The van der Waals surface area contributed by atoms with E-state index in [1.165, 1.54) is 44.2 Å². The minimum Gasteiger partial charge on any atom is -0.0645 e. The Morgan fingerprint density at radius 1 is 0.682 bits per heavy atom. The van der Waals surface area contributed by atoms with Crippen molar-refractivity contribution in [2.75, 3.05) is 0 Å². The van der Waals surface area contributed by atoms with E-state index in [-0.39, 0.29) is 0 Å². The van der Waals surface area contributed by atoms with Crippen molar-refractivity contribution in [3.63, 3.8) is 0 Å². The predicted molar refractivity (Wildman–Crippen MR) is 95.1 cm³/mol. The average molecular weight is 284 g/mol. The van der Waals surface area contributed by atoms with E-state index in [1.54, 1.807) is 0 Å². The Bertz CT molecular complexity index is 892. The topological polar surface area (TPSA) is 0 Å². The van der Waals surface area contributed by atoms with Crippen LogP contribution >= 0.6 is 0 Å². The van der Waals surface area contributed by atoms with Crippen LogP contribution in [0.25, 0.3) is 16.3 Å². The maximum atomic E-state index is 2.29. The number of hydrogen-bond acceptors (Lipinski definition) is 0. The molecule has 3 aromatic carbocycles. The smallest absolute Gasteiger partial charge is 0.00759 e. The third kappa shape index (κ3) is 1.99. The van der Waals surface area contributed by atoms with Gasteiger partial charge in [0.1, 0.15) is 0 Å². The second-order valence-electron chi connectivity index (χ2n) is 6.29. The number of benzene rings is 3. The molecule has 0 heterocycles. The van der Waals surface area contributed by atoms with E-state index in [2.05, 4.69) is 74.5 Å². The fourth-order valence-electron chi connectivity index (χ4n) is 3.77. The van der Waals surface area contributed by atoms with E-state index in [0.29, 0.717) is 0 Å². The number of aryl methyl sites for hydroxylation is 2. The summed E-state index contributed by atoms with van der Waals surface area (Å²) in [6, 6.07) is 22.2. The molecule has 0 atom stereocenters. The van der Waals surface area contributed by atoms with Crippen LogP contribution in [-0.4, -0.2) is 0 Å². The third-order valence-corrected chi connectivity index (χ3v) is 4.87. The van der Waals surface area contributed by atoms with Gasteiger partial charge in [-0.15, -0.1) is 0 Å². The Hall–Kier alpha value is -2.34. The highest BCUT2D eigenvalue weighted by Crippen LogP contribution is 2.39. The van der Waals surface area contributed by atoms with Crippen LogP contribution in [0.3, 0.4) is 0 Å². The lowest BCUT2D eigenvalue weighted by molar-refractivity contribution is 0.919. The van der Waals surface area contributed by atoms with Crippen molar-refractivity contribution < 1.29 is 0 Å². The molecule has 0 aliphatic heterocycles. The number of allylic oxidation sites excluding steroid dienone is 1. The van der Waals surface area contributed by atoms with Crippen LogP contribution in [0.15, 0.2) is 66.2 Å². The Morgan fingerprint density at radius 2 is 1.41 bits per heavy atom. The lowest BCUT2D eigenvalue weighted by atomic mass is 9.81. The summed E-state index contributed by atoms with van der Waals surface area (Å²) in [6.45, 7) is 4.51. The standard InChI is InChI=1S/C22H20/c1-15-7-5-9-18-10-6-12-20(21(15)18)22-16(2)13-14-17-8-3-4-11-19(17)22/h3-12H,13-14H2,1-2H3. The minimum absolute atomic E-state index is 1.16. The molecule has 0 N–H and O–H groups in total. The van der Waals surface area contributed by atoms with Crippen molar-refractivity contribution >= 4 is 16.3 Å². The van der Waals surface area contributed by atoms with Crippen molar-refractivity contribution in [2.24, 2.45) is 0 Å². The molecule has 0 saturated carbocycles. The molecule has 0 aromatic heterocycles. The molecule has 1 aliphatic rings. The quantitative estimate of drug-likeness (QED) is 0.520. The van der Waals surface area contributed by atoms with Crippen LogP contribution < -0.4 is 0 Å². The van der Waals surface area contributed by atoms with Gasteiger partial charge in [-0.3, -0.25) is 0 Å². The SMILES string of the molecule is CC1=C(c2cccc3cccc(C)c23)c2ccccc2CC1. The molecule has 3 aromatic rings. The van der Waals surface area contributed by atoms with Crippen LogP contribution in [0.5, 0.6) is 0 Å². The molecule has 1 aliphatic carbocycles. The first-order valence-corrected chi connectivity index (χ1v) is 8.02. The van der Waals surface area contributed by atoms with Gasteiger partial charge in [-0.2, -0.15) is 0 Å². The first kappa shape index (κ1) is 13.3. The zero-order valence-electron chi connectivity index (χ0n) is 13.2. The number of hydrogen-bond donors (Lipinski definition) is 0. The summed E-state index contributed by atoms with van der Waals surface area (Å²) in [6.07, 6.45) is 2.32. The van der Waals surface area contributed by atoms with Crippen LogP contribution in [-0.2, 0) is 6.42 Å². The van der Waals surface area contributed by atoms with Gasteiger partial charge in [0.2, 0.25) is 0 Å². The highest BCUT2D eigenvalue weighted by atomic mass is 14.2. The molecule has 0 heteroatoms. The average Bonchev–Trinajstić information content (AvgIpc) is 2.55. The second-order valence-corrected chi connectivity index (χ2v) is 6.29. The van der Waals surface area contributed by atoms with Gasteiger partial charge in [-0.1, -0.05) is 66.2 Å². The van der Waals surface area contributed by atoms with Gasteiger partial charge in [0.05, 0.1) is 0 Å². The lowest BCUT2D eigenvalue weighted by Crippen LogP contribution is -2.05. The maximum absolute atomic E-state index is 2.29. The van der Waals surface area contributed by atoms with Crippen LogP contribution in [0.2, 0.25) is 0 Å². The monoisotopic (exact) mass is 284 g/mol. The minimum atomic E-state index is 1.16. The maximum Gasteiger partial charge on any atom is -0.00759 e. The van der Waals surface area contributed by atoms with E-state index in [1.807, 2.05) is 0 Å². The van der Waals surface area contributed by atoms with Gasteiger partial charge in [0.15, 0.2) is 0 Å². The molecule has 4 rings (SSSR count). The lowest BCUT2D eigenvalue weighted by Gasteiger charge is -2.23. The molecule has 0 fully saturated rings. The van der Waals surface area contributed by atoms with Crippen LogP contribution in [0.1, 0.15) is 35.6 Å². The highest BCUT2D eigenvalue weighted by Gasteiger charge is 2.19.